The van der Waals surface area contributed by atoms with Crippen LogP contribution in [0.1, 0.15) is 43.0 Å². The molecule has 1 atom stereocenters. The van der Waals surface area contributed by atoms with Crippen LogP contribution in [-0.4, -0.2) is 81.7 Å². The van der Waals surface area contributed by atoms with Crippen molar-refractivity contribution in [1.82, 2.24) is 9.80 Å². The first-order valence-electron chi connectivity index (χ1n) is 13.0. The zero-order valence-corrected chi connectivity index (χ0v) is 24.2. The van der Waals surface area contributed by atoms with Crippen LogP contribution in [0.3, 0.4) is 0 Å². The van der Waals surface area contributed by atoms with Crippen molar-refractivity contribution in [3.63, 3.8) is 0 Å². The first kappa shape index (κ1) is 29.8. The van der Waals surface area contributed by atoms with Crippen molar-refractivity contribution in [3.05, 3.63) is 52.6 Å². The number of likely N-dealkylation sites (tertiary alicyclic amines) is 1. The summed E-state index contributed by atoms with van der Waals surface area (Å²) in [7, 11) is 8.40. The van der Waals surface area contributed by atoms with E-state index >= 15 is 0 Å². The fraction of sp³-hybridized carbons (Fsp3) is 0.467. The Morgan fingerprint density at radius 1 is 1.03 bits per heavy atom. The topological polar surface area (TPSA) is 97.8 Å². The molecule has 1 amide bonds. The average molecular weight is 541 g/mol. The first-order chi connectivity index (χ1) is 18.5. The quantitative estimate of drug-likeness (QED) is 0.240. The van der Waals surface area contributed by atoms with E-state index in [0.29, 0.717) is 59.6 Å². The lowest BCUT2D eigenvalue weighted by Gasteiger charge is -2.27. The molecule has 0 radical (unpaired) electrons. The van der Waals surface area contributed by atoms with Crippen molar-refractivity contribution < 1.29 is 33.6 Å². The summed E-state index contributed by atoms with van der Waals surface area (Å²) in [5, 5.41) is 11.6. The van der Waals surface area contributed by atoms with Gasteiger partial charge in [0.2, 0.25) is 5.75 Å². The molecule has 1 aliphatic rings. The highest BCUT2D eigenvalue weighted by atomic mass is 16.5. The Morgan fingerprint density at radius 3 is 2.18 bits per heavy atom. The van der Waals surface area contributed by atoms with Crippen LogP contribution >= 0.6 is 0 Å². The number of ether oxygens (including phenoxy) is 4. The van der Waals surface area contributed by atoms with Gasteiger partial charge in [-0.1, -0.05) is 13.8 Å². The first-order valence-corrected chi connectivity index (χ1v) is 13.0. The largest absolute Gasteiger partial charge is 0.507 e. The van der Waals surface area contributed by atoms with Gasteiger partial charge in [-0.3, -0.25) is 9.59 Å². The Kier molecular flexibility index (Phi) is 9.86. The molecule has 2 aromatic carbocycles. The molecule has 212 valence electrons. The lowest BCUT2D eigenvalue weighted by molar-refractivity contribution is -0.139. The van der Waals surface area contributed by atoms with Gasteiger partial charge in [0.15, 0.2) is 11.5 Å². The van der Waals surface area contributed by atoms with Gasteiger partial charge in [0.25, 0.3) is 11.7 Å². The number of aliphatic hydroxyl groups is 1. The molecular weight excluding hydrogens is 500 g/mol. The number of rotatable bonds is 12. The molecule has 9 nitrogen and oxygen atoms in total. The smallest absolute Gasteiger partial charge is 0.295 e. The number of ketones is 1. The zero-order valence-electron chi connectivity index (χ0n) is 24.2. The third-order valence-electron chi connectivity index (χ3n) is 6.58. The van der Waals surface area contributed by atoms with Crippen molar-refractivity contribution in [2.45, 2.75) is 33.2 Å². The van der Waals surface area contributed by atoms with E-state index in [-0.39, 0.29) is 11.3 Å². The number of carbonyl (C=O) groups excluding carboxylic acids is 2. The fourth-order valence-electron chi connectivity index (χ4n) is 4.67. The Hall–Kier alpha value is -3.72. The second kappa shape index (κ2) is 12.9. The van der Waals surface area contributed by atoms with Gasteiger partial charge in [0.05, 0.1) is 39.6 Å². The SMILES string of the molecule is COc1cc([C@@H]2C(=C(O)c3ccc(OCC(C)C)cc3C)C(=O)C(=O)N2CCCN(C)C)cc(OC)c1OC. The average Bonchev–Trinajstić information content (AvgIpc) is 3.15. The summed E-state index contributed by atoms with van der Waals surface area (Å²) in [6.45, 7) is 7.56. The van der Waals surface area contributed by atoms with Crippen molar-refractivity contribution >= 4 is 17.4 Å². The Labute approximate surface area is 230 Å². The zero-order chi connectivity index (χ0) is 28.9. The lowest BCUT2D eigenvalue weighted by Crippen LogP contribution is -2.32. The molecule has 0 aliphatic carbocycles. The normalized spacial score (nSPS) is 16.8. The molecule has 0 unspecified atom stereocenters. The van der Waals surface area contributed by atoms with Gasteiger partial charge in [-0.25, -0.2) is 0 Å². The predicted octanol–water partition coefficient (Wildman–Crippen LogP) is 4.43. The van der Waals surface area contributed by atoms with Crippen molar-refractivity contribution in [1.29, 1.82) is 0 Å². The molecule has 1 saturated heterocycles. The minimum atomic E-state index is -0.850. The van der Waals surface area contributed by atoms with Gasteiger partial charge in [-0.2, -0.15) is 0 Å². The van der Waals surface area contributed by atoms with Crippen molar-refractivity contribution in [2.75, 3.05) is 55.1 Å². The van der Waals surface area contributed by atoms with Crippen LogP contribution < -0.4 is 18.9 Å². The van der Waals surface area contributed by atoms with Crippen molar-refractivity contribution in [2.24, 2.45) is 5.92 Å². The molecule has 0 saturated carbocycles. The van der Waals surface area contributed by atoms with Gasteiger partial charge < -0.3 is 33.9 Å². The molecule has 3 rings (SSSR count). The molecule has 1 fully saturated rings. The summed E-state index contributed by atoms with van der Waals surface area (Å²) in [5.74, 6) is 0.543. The van der Waals surface area contributed by atoms with E-state index in [0.717, 1.165) is 12.1 Å². The van der Waals surface area contributed by atoms with Crippen molar-refractivity contribution in [3.8, 4) is 23.0 Å². The van der Waals surface area contributed by atoms with Crippen LogP contribution in [0.2, 0.25) is 0 Å². The van der Waals surface area contributed by atoms with Crippen LogP contribution in [0.4, 0.5) is 0 Å². The third-order valence-corrected chi connectivity index (χ3v) is 6.58. The number of hydrogen-bond acceptors (Lipinski definition) is 8. The molecule has 9 heteroatoms. The highest BCUT2D eigenvalue weighted by Gasteiger charge is 2.46. The molecule has 1 aliphatic heterocycles. The minimum Gasteiger partial charge on any atom is -0.507 e. The lowest BCUT2D eigenvalue weighted by atomic mass is 9.93. The van der Waals surface area contributed by atoms with Gasteiger partial charge in [-0.15, -0.1) is 0 Å². The van der Waals surface area contributed by atoms with E-state index in [1.807, 2.05) is 32.0 Å². The number of amides is 1. The Balaban J connectivity index is 2.18. The molecular formula is C30H40N2O7. The van der Waals surface area contributed by atoms with Crippen LogP contribution in [0.5, 0.6) is 23.0 Å². The minimum absolute atomic E-state index is 0.0121. The van der Waals surface area contributed by atoms with E-state index in [1.54, 1.807) is 24.3 Å². The Morgan fingerprint density at radius 2 is 1.67 bits per heavy atom. The summed E-state index contributed by atoms with van der Waals surface area (Å²) in [4.78, 5) is 30.3. The van der Waals surface area contributed by atoms with Crippen LogP contribution in [0.25, 0.3) is 5.76 Å². The Bertz CT molecular complexity index is 1210. The van der Waals surface area contributed by atoms with E-state index < -0.39 is 17.7 Å². The highest BCUT2D eigenvalue weighted by Crippen LogP contribution is 2.46. The van der Waals surface area contributed by atoms with E-state index in [9.17, 15) is 14.7 Å². The monoisotopic (exact) mass is 540 g/mol. The number of aliphatic hydroxyl groups excluding tert-OH is 1. The standard InChI is InChI=1S/C30H40N2O7/c1-18(2)17-39-21-10-11-22(19(3)14-21)27(33)25-26(32(30(35)28(25)34)13-9-12-31(4)5)20-15-23(36-6)29(38-8)24(16-20)37-7/h10-11,14-16,18,26,33H,9,12-13,17H2,1-8H3/t26-/m1/s1. The van der Waals surface area contributed by atoms with Gasteiger partial charge in [-0.05, 0) is 81.4 Å². The number of Topliss-reactive ketones (excluding diaryl/α,β-unsaturated/α-hetero) is 1. The molecule has 0 spiro atoms. The summed E-state index contributed by atoms with van der Waals surface area (Å²) in [6.07, 6.45) is 0.641. The maximum Gasteiger partial charge on any atom is 0.295 e. The van der Waals surface area contributed by atoms with E-state index in [2.05, 4.69) is 13.8 Å². The number of aryl methyl sites for hydroxylation is 1. The molecule has 1 heterocycles. The molecule has 0 bridgehead atoms. The van der Waals surface area contributed by atoms with Gasteiger partial charge in [0.1, 0.15) is 11.5 Å². The molecule has 2 aromatic rings. The molecule has 39 heavy (non-hydrogen) atoms. The van der Waals surface area contributed by atoms with Gasteiger partial charge >= 0.3 is 0 Å². The second-order valence-corrected chi connectivity index (χ2v) is 10.3. The summed E-state index contributed by atoms with van der Waals surface area (Å²) < 4.78 is 22.4. The fourth-order valence-corrected chi connectivity index (χ4v) is 4.67. The second-order valence-electron chi connectivity index (χ2n) is 10.3. The maximum atomic E-state index is 13.5. The van der Waals surface area contributed by atoms with Crippen LogP contribution in [-0.2, 0) is 9.59 Å². The summed E-state index contributed by atoms with van der Waals surface area (Å²) in [5.41, 5.74) is 1.74. The summed E-state index contributed by atoms with van der Waals surface area (Å²) >= 11 is 0. The van der Waals surface area contributed by atoms with E-state index in [1.165, 1.54) is 26.2 Å². The highest BCUT2D eigenvalue weighted by molar-refractivity contribution is 6.46. The van der Waals surface area contributed by atoms with Crippen LogP contribution in [0.15, 0.2) is 35.9 Å². The number of hydrogen-bond donors (Lipinski definition) is 1. The molecule has 0 aromatic heterocycles. The number of nitrogens with zero attached hydrogens (tertiary/aromatic N) is 2. The predicted molar refractivity (Wildman–Crippen MR) is 150 cm³/mol. The molecule has 1 N–H and O–H groups in total. The van der Waals surface area contributed by atoms with Crippen LogP contribution in [0, 0.1) is 12.8 Å². The number of carbonyl (C=O) groups is 2. The van der Waals surface area contributed by atoms with E-state index in [4.69, 9.17) is 18.9 Å². The summed E-state index contributed by atoms with van der Waals surface area (Å²) in [6, 6.07) is 7.86. The van der Waals surface area contributed by atoms with Gasteiger partial charge in [0, 0.05) is 12.1 Å². The number of methoxy groups -OCH3 is 3. The third kappa shape index (κ3) is 6.47. The maximum absolute atomic E-state index is 13.5. The number of benzene rings is 2.